The molecule has 0 spiro atoms. The van der Waals surface area contributed by atoms with Crippen LogP contribution in [-0.2, 0) is 0 Å². The average Bonchev–Trinajstić information content (AvgIpc) is 2.75. The summed E-state index contributed by atoms with van der Waals surface area (Å²) in [6.07, 6.45) is 1.27. The quantitative estimate of drug-likeness (QED) is 0.374. The van der Waals surface area contributed by atoms with E-state index in [0.29, 0.717) is 22.5 Å². The van der Waals surface area contributed by atoms with Gasteiger partial charge in [0.2, 0.25) is 5.43 Å². The molecule has 0 amide bonds. The number of hydrogen-bond donors (Lipinski definition) is 0. The predicted molar refractivity (Wildman–Crippen MR) is 113 cm³/mol. The van der Waals surface area contributed by atoms with Gasteiger partial charge < -0.3 is 4.42 Å². The highest BCUT2D eigenvalue weighted by molar-refractivity contribution is 9.10. The van der Waals surface area contributed by atoms with Crippen molar-refractivity contribution in [3.05, 3.63) is 117 Å². The Morgan fingerprint density at radius 1 is 0.750 bits per heavy atom. The molecule has 4 aromatic rings. The standard InChI is InChI=1S/C24H15BrO3/c25-19-13-11-17(12-14-19)22(26)20-15-28-24(18-9-5-2-6-10-18)21(23(20)27)16-7-3-1-4-8-16/h1-15H. The van der Waals surface area contributed by atoms with Gasteiger partial charge in [0.15, 0.2) is 5.78 Å². The lowest BCUT2D eigenvalue weighted by molar-refractivity contribution is 0.103. The zero-order valence-electron chi connectivity index (χ0n) is 14.8. The number of rotatable bonds is 4. The van der Waals surface area contributed by atoms with Gasteiger partial charge in [-0.3, -0.25) is 9.59 Å². The van der Waals surface area contributed by atoms with E-state index in [9.17, 15) is 9.59 Å². The Hall–Kier alpha value is -3.24. The van der Waals surface area contributed by atoms with Gasteiger partial charge in [0.05, 0.1) is 5.56 Å². The fourth-order valence-corrected chi connectivity index (χ4v) is 3.31. The molecular formula is C24H15BrO3. The maximum Gasteiger partial charge on any atom is 0.204 e. The van der Waals surface area contributed by atoms with Crippen molar-refractivity contribution in [2.45, 2.75) is 0 Å². The molecule has 0 aliphatic carbocycles. The molecule has 0 N–H and O–H groups in total. The summed E-state index contributed by atoms with van der Waals surface area (Å²) in [6.45, 7) is 0. The lowest BCUT2D eigenvalue weighted by Gasteiger charge is -2.10. The van der Waals surface area contributed by atoms with E-state index >= 15 is 0 Å². The minimum atomic E-state index is -0.363. The van der Waals surface area contributed by atoms with Crippen LogP contribution in [-0.4, -0.2) is 5.78 Å². The highest BCUT2D eigenvalue weighted by Crippen LogP contribution is 2.30. The monoisotopic (exact) mass is 430 g/mol. The van der Waals surface area contributed by atoms with Gasteiger partial charge in [0.25, 0.3) is 0 Å². The Labute approximate surface area is 170 Å². The van der Waals surface area contributed by atoms with Gasteiger partial charge in [-0.25, -0.2) is 0 Å². The number of carbonyl (C=O) groups is 1. The van der Waals surface area contributed by atoms with Gasteiger partial charge in [0.1, 0.15) is 17.6 Å². The van der Waals surface area contributed by atoms with Crippen molar-refractivity contribution in [2.75, 3.05) is 0 Å². The fourth-order valence-electron chi connectivity index (χ4n) is 3.05. The Morgan fingerprint density at radius 3 is 1.93 bits per heavy atom. The fraction of sp³-hybridized carbons (Fsp3) is 0. The third-order valence-corrected chi connectivity index (χ3v) is 4.97. The van der Waals surface area contributed by atoms with Crippen molar-refractivity contribution in [1.29, 1.82) is 0 Å². The van der Waals surface area contributed by atoms with Crippen molar-refractivity contribution in [1.82, 2.24) is 0 Å². The van der Waals surface area contributed by atoms with Crippen LogP contribution in [0.5, 0.6) is 0 Å². The molecule has 0 saturated heterocycles. The molecule has 136 valence electrons. The van der Waals surface area contributed by atoms with Gasteiger partial charge in [-0.1, -0.05) is 76.6 Å². The molecule has 28 heavy (non-hydrogen) atoms. The summed E-state index contributed by atoms with van der Waals surface area (Å²) in [5.41, 5.74) is 1.98. The first-order chi connectivity index (χ1) is 13.6. The summed E-state index contributed by atoms with van der Waals surface area (Å²) < 4.78 is 6.71. The first-order valence-corrected chi connectivity index (χ1v) is 9.51. The molecule has 3 nitrogen and oxygen atoms in total. The topological polar surface area (TPSA) is 47.3 Å². The van der Waals surface area contributed by atoms with E-state index < -0.39 is 0 Å². The number of benzene rings is 3. The smallest absolute Gasteiger partial charge is 0.204 e. The molecule has 3 aromatic carbocycles. The van der Waals surface area contributed by atoms with Crippen molar-refractivity contribution >= 4 is 21.7 Å². The third-order valence-electron chi connectivity index (χ3n) is 4.44. The lowest BCUT2D eigenvalue weighted by atomic mass is 9.96. The van der Waals surface area contributed by atoms with E-state index in [0.717, 1.165) is 10.0 Å². The number of halogens is 1. The second kappa shape index (κ2) is 7.79. The first-order valence-electron chi connectivity index (χ1n) is 8.72. The van der Waals surface area contributed by atoms with E-state index in [4.69, 9.17) is 4.42 Å². The molecule has 0 bridgehead atoms. The van der Waals surface area contributed by atoms with E-state index in [2.05, 4.69) is 15.9 Å². The van der Waals surface area contributed by atoms with Gasteiger partial charge in [-0.15, -0.1) is 0 Å². The molecule has 0 aliphatic rings. The van der Waals surface area contributed by atoms with Crippen molar-refractivity contribution in [2.24, 2.45) is 0 Å². The van der Waals surface area contributed by atoms with Gasteiger partial charge in [-0.2, -0.15) is 0 Å². The molecule has 1 aromatic heterocycles. The van der Waals surface area contributed by atoms with Crippen molar-refractivity contribution in [3.63, 3.8) is 0 Å². The van der Waals surface area contributed by atoms with Crippen LogP contribution in [0, 0.1) is 0 Å². The summed E-state index contributed by atoms with van der Waals surface area (Å²) in [5, 5.41) is 0. The van der Waals surface area contributed by atoms with Crippen LogP contribution in [0.3, 0.4) is 0 Å². The molecule has 0 saturated carbocycles. The maximum absolute atomic E-state index is 13.4. The molecule has 0 aliphatic heterocycles. The minimum absolute atomic E-state index is 0.0147. The molecule has 0 fully saturated rings. The average molecular weight is 431 g/mol. The maximum atomic E-state index is 13.4. The summed E-state index contributed by atoms with van der Waals surface area (Å²) >= 11 is 3.35. The molecule has 4 heteroatoms. The Kier molecular flexibility index (Phi) is 5.04. The van der Waals surface area contributed by atoms with Crippen LogP contribution in [0.1, 0.15) is 15.9 Å². The van der Waals surface area contributed by atoms with Crippen LogP contribution in [0.4, 0.5) is 0 Å². The van der Waals surface area contributed by atoms with Crippen LogP contribution < -0.4 is 5.43 Å². The van der Waals surface area contributed by atoms with Crippen LogP contribution in [0.15, 0.2) is 105 Å². The van der Waals surface area contributed by atoms with Gasteiger partial charge >= 0.3 is 0 Å². The van der Waals surface area contributed by atoms with Crippen LogP contribution >= 0.6 is 15.9 Å². The second-order valence-corrected chi connectivity index (χ2v) is 7.17. The summed E-state index contributed by atoms with van der Waals surface area (Å²) in [5.74, 6) is 0.0854. The zero-order valence-corrected chi connectivity index (χ0v) is 16.3. The highest BCUT2D eigenvalue weighted by Gasteiger charge is 2.21. The predicted octanol–water partition coefficient (Wildman–Crippen LogP) is 5.97. The number of ketones is 1. The first kappa shape index (κ1) is 18.1. The summed E-state index contributed by atoms with van der Waals surface area (Å²) in [6, 6.07) is 25.6. The Balaban J connectivity index is 1.93. The van der Waals surface area contributed by atoms with Crippen LogP contribution in [0.25, 0.3) is 22.5 Å². The highest BCUT2D eigenvalue weighted by atomic mass is 79.9. The number of hydrogen-bond acceptors (Lipinski definition) is 3. The molecule has 4 rings (SSSR count). The Bertz CT molecular complexity index is 1180. The number of carbonyl (C=O) groups excluding carboxylic acids is 1. The van der Waals surface area contributed by atoms with E-state index in [1.165, 1.54) is 6.26 Å². The normalized spacial score (nSPS) is 10.6. The minimum Gasteiger partial charge on any atom is -0.463 e. The summed E-state index contributed by atoms with van der Waals surface area (Å²) in [4.78, 5) is 26.3. The SMILES string of the molecule is O=C(c1ccc(Br)cc1)c1coc(-c2ccccc2)c(-c2ccccc2)c1=O. The Morgan fingerprint density at radius 2 is 1.32 bits per heavy atom. The van der Waals surface area contributed by atoms with Crippen LogP contribution in [0.2, 0.25) is 0 Å². The zero-order chi connectivity index (χ0) is 19.5. The van der Waals surface area contributed by atoms with Crippen molar-refractivity contribution < 1.29 is 9.21 Å². The van der Waals surface area contributed by atoms with E-state index in [-0.39, 0.29) is 16.8 Å². The van der Waals surface area contributed by atoms with Gasteiger partial charge in [-0.05, 0) is 29.8 Å². The van der Waals surface area contributed by atoms with Gasteiger partial charge in [0, 0.05) is 15.6 Å². The third kappa shape index (κ3) is 3.47. The summed E-state index contributed by atoms with van der Waals surface area (Å²) in [7, 11) is 0. The van der Waals surface area contributed by atoms with E-state index in [1.54, 1.807) is 24.3 Å². The largest absolute Gasteiger partial charge is 0.463 e. The van der Waals surface area contributed by atoms with E-state index in [1.807, 2.05) is 60.7 Å². The lowest BCUT2D eigenvalue weighted by Crippen LogP contribution is -2.18. The van der Waals surface area contributed by atoms with Crippen molar-refractivity contribution in [3.8, 4) is 22.5 Å². The molecule has 0 unspecified atom stereocenters. The molecule has 1 heterocycles. The molecule has 0 radical (unpaired) electrons. The second-order valence-electron chi connectivity index (χ2n) is 6.25. The molecular weight excluding hydrogens is 416 g/mol. The molecule has 0 atom stereocenters.